The zero-order valence-electron chi connectivity index (χ0n) is 11.8. The second kappa shape index (κ2) is 4.59. The third-order valence-electron chi connectivity index (χ3n) is 5.35. The number of hydrogen-bond acceptors (Lipinski definition) is 3. The summed E-state index contributed by atoms with van der Waals surface area (Å²) < 4.78 is 6.34. The van der Waals surface area contributed by atoms with Crippen LogP contribution in [0.5, 0.6) is 5.75 Å². The molecular formula is C17H21NO2. The van der Waals surface area contributed by atoms with Crippen molar-refractivity contribution in [3.05, 3.63) is 29.3 Å². The highest BCUT2D eigenvalue weighted by molar-refractivity contribution is 5.75. The van der Waals surface area contributed by atoms with Crippen LogP contribution in [0.3, 0.4) is 0 Å². The molecule has 2 fully saturated rings. The van der Waals surface area contributed by atoms with Gasteiger partial charge in [0.2, 0.25) is 0 Å². The van der Waals surface area contributed by atoms with Crippen molar-refractivity contribution < 1.29 is 9.53 Å². The van der Waals surface area contributed by atoms with Gasteiger partial charge in [-0.15, -0.1) is 0 Å². The SMILES string of the molecule is O=Cc1ccc2c(c1)CC1(CCC3CCCN3CC1)O2. The number of rotatable bonds is 1. The summed E-state index contributed by atoms with van der Waals surface area (Å²) >= 11 is 0. The predicted octanol–water partition coefficient (Wildman–Crippen LogP) is 2.82. The van der Waals surface area contributed by atoms with Gasteiger partial charge in [-0.1, -0.05) is 0 Å². The maximum Gasteiger partial charge on any atom is 0.150 e. The number of fused-ring (bicyclic) bond motifs is 2. The molecule has 2 atom stereocenters. The third-order valence-corrected chi connectivity index (χ3v) is 5.35. The fraction of sp³-hybridized carbons (Fsp3) is 0.588. The van der Waals surface area contributed by atoms with Gasteiger partial charge in [0, 0.05) is 31.0 Å². The number of ether oxygens (including phenoxy) is 1. The number of carbonyl (C=O) groups excluding carboxylic acids is 1. The van der Waals surface area contributed by atoms with Crippen LogP contribution in [0.25, 0.3) is 0 Å². The van der Waals surface area contributed by atoms with Crippen LogP contribution in [-0.2, 0) is 6.42 Å². The average molecular weight is 271 g/mol. The molecule has 106 valence electrons. The van der Waals surface area contributed by atoms with Crippen molar-refractivity contribution in [1.82, 2.24) is 4.90 Å². The molecule has 3 aliphatic rings. The van der Waals surface area contributed by atoms with Gasteiger partial charge in [0.15, 0.2) is 0 Å². The molecule has 0 amide bonds. The van der Waals surface area contributed by atoms with Gasteiger partial charge in [-0.2, -0.15) is 0 Å². The van der Waals surface area contributed by atoms with E-state index in [1.807, 2.05) is 18.2 Å². The molecule has 4 rings (SSSR count). The molecule has 0 saturated carbocycles. The first kappa shape index (κ1) is 12.4. The molecule has 2 unspecified atom stereocenters. The first-order valence-electron chi connectivity index (χ1n) is 7.79. The van der Waals surface area contributed by atoms with Gasteiger partial charge in [-0.05, 0) is 56.0 Å². The second-order valence-corrected chi connectivity index (χ2v) is 6.57. The molecule has 1 aromatic carbocycles. The number of hydrogen-bond donors (Lipinski definition) is 0. The molecule has 3 heteroatoms. The molecule has 3 aliphatic heterocycles. The minimum atomic E-state index is -0.00577. The monoisotopic (exact) mass is 271 g/mol. The molecule has 1 spiro atoms. The Morgan fingerprint density at radius 3 is 3.10 bits per heavy atom. The van der Waals surface area contributed by atoms with Crippen molar-refractivity contribution in [1.29, 1.82) is 0 Å². The summed E-state index contributed by atoms with van der Waals surface area (Å²) in [6, 6.07) is 6.62. The smallest absolute Gasteiger partial charge is 0.150 e. The van der Waals surface area contributed by atoms with Crippen LogP contribution < -0.4 is 4.74 Å². The van der Waals surface area contributed by atoms with Crippen LogP contribution in [0.1, 0.15) is 48.0 Å². The lowest BCUT2D eigenvalue weighted by atomic mass is 9.88. The van der Waals surface area contributed by atoms with Crippen molar-refractivity contribution >= 4 is 6.29 Å². The van der Waals surface area contributed by atoms with Crippen molar-refractivity contribution in [3.8, 4) is 5.75 Å². The molecule has 0 radical (unpaired) electrons. The second-order valence-electron chi connectivity index (χ2n) is 6.57. The van der Waals surface area contributed by atoms with E-state index in [9.17, 15) is 4.79 Å². The third kappa shape index (κ3) is 1.96. The topological polar surface area (TPSA) is 29.5 Å². The van der Waals surface area contributed by atoms with E-state index in [0.717, 1.165) is 42.9 Å². The van der Waals surface area contributed by atoms with Crippen LogP contribution in [0.15, 0.2) is 18.2 Å². The van der Waals surface area contributed by atoms with Gasteiger partial charge >= 0.3 is 0 Å². The summed E-state index contributed by atoms with van der Waals surface area (Å²) in [7, 11) is 0. The maximum atomic E-state index is 10.9. The lowest BCUT2D eigenvalue weighted by Gasteiger charge is -2.27. The summed E-state index contributed by atoms with van der Waals surface area (Å²) in [5, 5.41) is 0. The number of carbonyl (C=O) groups is 1. The predicted molar refractivity (Wildman–Crippen MR) is 77.3 cm³/mol. The van der Waals surface area contributed by atoms with E-state index in [2.05, 4.69) is 4.90 Å². The van der Waals surface area contributed by atoms with Gasteiger partial charge in [0.05, 0.1) is 0 Å². The Bertz CT molecular complexity index is 526. The summed E-state index contributed by atoms with van der Waals surface area (Å²) in [4.78, 5) is 13.6. The molecule has 20 heavy (non-hydrogen) atoms. The number of nitrogens with zero attached hydrogens (tertiary/aromatic N) is 1. The van der Waals surface area contributed by atoms with E-state index in [1.54, 1.807) is 0 Å². The molecule has 0 aliphatic carbocycles. The zero-order valence-corrected chi connectivity index (χ0v) is 11.8. The van der Waals surface area contributed by atoms with Crippen LogP contribution in [0.4, 0.5) is 0 Å². The van der Waals surface area contributed by atoms with E-state index in [-0.39, 0.29) is 5.60 Å². The summed E-state index contributed by atoms with van der Waals surface area (Å²) in [5.41, 5.74) is 1.98. The molecule has 2 saturated heterocycles. The number of aldehydes is 1. The molecular weight excluding hydrogens is 250 g/mol. The van der Waals surface area contributed by atoms with Crippen LogP contribution in [0.2, 0.25) is 0 Å². The molecule has 0 N–H and O–H groups in total. The Hall–Kier alpha value is -1.35. The van der Waals surface area contributed by atoms with E-state index >= 15 is 0 Å². The van der Waals surface area contributed by atoms with E-state index in [1.165, 1.54) is 37.9 Å². The van der Waals surface area contributed by atoms with Crippen molar-refractivity contribution in [3.63, 3.8) is 0 Å². The molecule has 1 aromatic rings. The van der Waals surface area contributed by atoms with E-state index in [4.69, 9.17) is 4.74 Å². The molecule has 0 bridgehead atoms. The lowest BCUT2D eigenvalue weighted by molar-refractivity contribution is 0.0771. The largest absolute Gasteiger partial charge is 0.487 e. The summed E-state index contributed by atoms with van der Waals surface area (Å²) in [6.45, 7) is 2.43. The molecule has 3 heterocycles. The standard InChI is InChI=1S/C17H21NO2/c19-12-13-3-4-16-14(10-13)11-17(20-16)6-5-15-2-1-8-18(15)9-7-17/h3-4,10,12,15H,1-2,5-9,11H2. The lowest BCUT2D eigenvalue weighted by Crippen LogP contribution is -2.35. The van der Waals surface area contributed by atoms with Gasteiger partial charge in [-0.3, -0.25) is 4.79 Å². The highest BCUT2D eigenvalue weighted by atomic mass is 16.5. The molecule has 0 aromatic heterocycles. The fourth-order valence-corrected chi connectivity index (χ4v) is 4.22. The van der Waals surface area contributed by atoms with Gasteiger partial charge in [-0.25, -0.2) is 0 Å². The minimum absolute atomic E-state index is 0.00577. The first-order valence-corrected chi connectivity index (χ1v) is 7.79. The van der Waals surface area contributed by atoms with Crippen molar-refractivity contribution in [2.24, 2.45) is 0 Å². The van der Waals surface area contributed by atoms with Gasteiger partial charge in [0.1, 0.15) is 17.6 Å². The van der Waals surface area contributed by atoms with Crippen LogP contribution in [0, 0.1) is 0 Å². The zero-order chi connectivity index (χ0) is 13.6. The number of benzene rings is 1. The van der Waals surface area contributed by atoms with E-state index in [0.29, 0.717) is 0 Å². The first-order chi connectivity index (χ1) is 9.78. The highest BCUT2D eigenvalue weighted by Crippen LogP contribution is 2.43. The van der Waals surface area contributed by atoms with E-state index < -0.39 is 0 Å². The maximum absolute atomic E-state index is 10.9. The van der Waals surface area contributed by atoms with Gasteiger partial charge < -0.3 is 9.64 Å². The Kier molecular flexibility index (Phi) is 2.84. The Balaban J connectivity index is 1.57. The Labute approximate surface area is 119 Å². The summed E-state index contributed by atoms with van der Waals surface area (Å²) in [5.74, 6) is 0.998. The quantitative estimate of drug-likeness (QED) is 0.736. The summed E-state index contributed by atoms with van der Waals surface area (Å²) in [6.07, 6.45) is 8.15. The van der Waals surface area contributed by atoms with Gasteiger partial charge in [0.25, 0.3) is 0 Å². The normalized spacial score (nSPS) is 32.5. The highest BCUT2D eigenvalue weighted by Gasteiger charge is 2.43. The Morgan fingerprint density at radius 1 is 1.25 bits per heavy atom. The Morgan fingerprint density at radius 2 is 2.20 bits per heavy atom. The average Bonchev–Trinajstić information content (AvgIpc) is 3.02. The fourth-order valence-electron chi connectivity index (χ4n) is 4.22. The van der Waals surface area contributed by atoms with Crippen molar-refractivity contribution in [2.45, 2.75) is 50.2 Å². The minimum Gasteiger partial charge on any atom is -0.487 e. The van der Waals surface area contributed by atoms with Crippen molar-refractivity contribution in [2.75, 3.05) is 13.1 Å². The van der Waals surface area contributed by atoms with Crippen LogP contribution >= 0.6 is 0 Å². The molecule has 3 nitrogen and oxygen atoms in total. The van der Waals surface area contributed by atoms with Crippen LogP contribution in [-0.4, -0.2) is 35.9 Å².